The number of hydrazone groups is 1. The molecule has 2 N–H and O–H groups in total. The maximum absolute atomic E-state index is 5.34. The smallest absolute Gasteiger partial charge is 0.187 e. The predicted molar refractivity (Wildman–Crippen MR) is 108 cm³/mol. The fourth-order valence-electron chi connectivity index (χ4n) is 2.60. The third-order valence-corrected chi connectivity index (χ3v) is 4.55. The van der Waals surface area contributed by atoms with Gasteiger partial charge in [0.1, 0.15) is 0 Å². The summed E-state index contributed by atoms with van der Waals surface area (Å²) in [5, 5.41) is 8.13. The van der Waals surface area contributed by atoms with Crippen LogP contribution in [0.4, 0.5) is 0 Å². The Morgan fingerprint density at radius 3 is 2.44 bits per heavy atom. The summed E-state index contributed by atoms with van der Waals surface area (Å²) in [4.78, 5) is 2.37. The molecule has 0 spiro atoms. The van der Waals surface area contributed by atoms with Crippen LogP contribution < -0.4 is 10.7 Å². The van der Waals surface area contributed by atoms with Gasteiger partial charge in [0.25, 0.3) is 0 Å². The summed E-state index contributed by atoms with van der Waals surface area (Å²) in [5.41, 5.74) is 6.41. The minimum Gasteiger partial charge on any atom is -0.379 e. The molecule has 138 valence electrons. The molecule has 5 nitrogen and oxygen atoms in total. The van der Waals surface area contributed by atoms with Crippen LogP contribution in [0.2, 0.25) is 0 Å². The molecular formula is C19H30N4OS. The monoisotopic (exact) mass is 362 g/mol. The van der Waals surface area contributed by atoms with Crippen molar-refractivity contribution in [2.75, 3.05) is 39.4 Å². The van der Waals surface area contributed by atoms with Gasteiger partial charge in [0.05, 0.1) is 18.9 Å². The van der Waals surface area contributed by atoms with Crippen LogP contribution in [-0.4, -0.2) is 55.1 Å². The van der Waals surface area contributed by atoms with Crippen LogP contribution in [0.3, 0.4) is 0 Å². The zero-order valence-electron chi connectivity index (χ0n) is 15.8. The third kappa shape index (κ3) is 6.72. The molecule has 1 aliphatic rings. The van der Waals surface area contributed by atoms with E-state index in [1.165, 1.54) is 5.56 Å². The van der Waals surface area contributed by atoms with Crippen molar-refractivity contribution in [1.82, 2.24) is 15.6 Å². The van der Waals surface area contributed by atoms with Gasteiger partial charge < -0.3 is 10.1 Å². The Morgan fingerprint density at radius 1 is 1.20 bits per heavy atom. The molecule has 1 heterocycles. The maximum atomic E-state index is 5.34. The van der Waals surface area contributed by atoms with E-state index < -0.39 is 0 Å². The second-order valence-electron chi connectivity index (χ2n) is 7.35. The lowest BCUT2D eigenvalue weighted by Crippen LogP contribution is -2.42. The maximum Gasteiger partial charge on any atom is 0.187 e. The third-order valence-electron chi connectivity index (χ3n) is 4.31. The largest absolute Gasteiger partial charge is 0.379 e. The highest BCUT2D eigenvalue weighted by atomic mass is 32.1. The number of morpholine rings is 1. The van der Waals surface area contributed by atoms with Crippen LogP contribution in [0.15, 0.2) is 29.4 Å². The van der Waals surface area contributed by atoms with Crippen molar-refractivity contribution in [3.8, 4) is 0 Å². The Bertz CT molecular complexity index is 586. The molecule has 0 radical (unpaired) electrons. The van der Waals surface area contributed by atoms with Gasteiger partial charge in [-0.1, -0.05) is 45.0 Å². The number of ether oxygens (including phenoxy) is 1. The molecule has 25 heavy (non-hydrogen) atoms. The van der Waals surface area contributed by atoms with Crippen molar-refractivity contribution >= 4 is 23.0 Å². The number of benzene rings is 1. The van der Waals surface area contributed by atoms with E-state index >= 15 is 0 Å². The van der Waals surface area contributed by atoms with Crippen LogP contribution in [0.1, 0.15) is 38.8 Å². The number of nitrogens with zero attached hydrogens (tertiary/aromatic N) is 2. The van der Waals surface area contributed by atoms with E-state index in [0.717, 1.165) is 50.7 Å². The molecule has 2 rings (SSSR count). The van der Waals surface area contributed by atoms with Crippen molar-refractivity contribution in [1.29, 1.82) is 0 Å². The van der Waals surface area contributed by atoms with Gasteiger partial charge >= 0.3 is 0 Å². The molecule has 0 amide bonds. The second kappa shape index (κ2) is 9.27. The van der Waals surface area contributed by atoms with Crippen molar-refractivity contribution in [3.63, 3.8) is 0 Å². The number of hydrogen-bond donors (Lipinski definition) is 2. The van der Waals surface area contributed by atoms with E-state index in [0.29, 0.717) is 5.11 Å². The molecule has 0 bridgehead atoms. The average molecular weight is 363 g/mol. The highest BCUT2D eigenvalue weighted by Crippen LogP contribution is 2.22. The number of thiocarbonyl (C=S) groups is 1. The Kier molecular flexibility index (Phi) is 7.35. The van der Waals surface area contributed by atoms with Gasteiger partial charge in [0, 0.05) is 26.2 Å². The van der Waals surface area contributed by atoms with Crippen molar-refractivity contribution in [3.05, 3.63) is 35.4 Å². The molecule has 1 aromatic carbocycles. The molecule has 0 aromatic heterocycles. The van der Waals surface area contributed by atoms with Crippen LogP contribution in [0, 0.1) is 0 Å². The lowest BCUT2D eigenvalue weighted by molar-refractivity contribution is 0.0389. The molecule has 6 heteroatoms. The van der Waals surface area contributed by atoms with E-state index in [2.05, 4.69) is 65.8 Å². The quantitative estimate of drug-likeness (QED) is 0.479. The van der Waals surface area contributed by atoms with Crippen molar-refractivity contribution in [2.45, 2.75) is 33.1 Å². The Hall–Kier alpha value is -1.50. The molecule has 0 saturated carbocycles. The van der Waals surface area contributed by atoms with Crippen LogP contribution in [-0.2, 0) is 10.2 Å². The Morgan fingerprint density at radius 2 is 1.84 bits per heavy atom. The number of hydrogen-bond acceptors (Lipinski definition) is 4. The summed E-state index contributed by atoms with van der Waals surface area (Å²) in [6, 6.07) is 8.53. The summed E-state index contributed by atoms with van der Waals surface area (Å²) in [6.07, 6.45) is 0. The minimum absolute atomic E-state index is 0.161. The van der Waals surface area contributed by atoms with E-state index in [9.17, 15) is 0 Å². The van der Waals surface area contributed by atoms with Gasteiger partial charge in [-0.2, -0.15) is 5.10 Å². The summed E-state index contributed by atoms with van der Waals surface area (Å²) in [5.74, 6) is 0. The molecule has 0 aliphatic carbocycles. The van der Waals surface area contributed by atoms with E-state index in [-0.39, 0.29) is 5.41 Å². The van der Waals surface area contributed by atoms with Gasteiger partial charge in [-0.25, -0.2) is 0 Å². The Labute approximate surface area is 156 Å². The van der Waals surface area contributed by atoms with Crippen LogP contribution in [0.25, 0.3) is 0 Å². The fourth-order valence-corrected chi connectivity index (χ4v) is 2.75. The van der Waals surface area contributed by atoms with Crippen molar-refractivity contribution < 1.29 is 4.74 Å². The highest BCUT2D eigenvalue weighted by Gasteiger charge is 2.13. The zero-order valence-corrected chi connectivity index (χ0v) is 16.6. The summed E-state index contributed by atoms with van der Waals surface area (Å²) < 4.78 is 5.34. The van der Waals surface area contributed by atoms with Crippen molar-refractivity contribution in [2.24, 2.45) is 5.10 Å². The molecule has 1 aliphatic heterocycles. The van der Waals surface area contributed by atoms with Gasteiger partial charge in [0.15, 0.2) is 5.11 Å². The van der Waals surface area contributed by atoms with E-state index in [1.54, 1.807) is 0 Å². The summed E-state index contributed by atoms with van der Waals surface area (Å²) >= 11 is 5.29. The minimum atomic E-state index is 0.161. The highest BCUT2D eigenvalue weighted by molar-refractivity contribution is 7.80. The second-order valence-corrected chi connectivity index (χ2v) is 7.75. The lowest BCUT2D eigenvalue weighted by Gasteiger charge is -2.26. The van der Waals surface area contributed by atoms with Gasteiger partial charge in [-0.15, -0.1) is 0 Å². The number of nitrogens with one attached hydrogen (secondary N) is 2. The average Bonchev–Trinajstić information content (AvgIpc) is 2.60. The lowest BCUT2D eigenvalue weighted by atomic mass is 9.86. The van der Waals surface area contributed by atoms with Crippen LogP contribution in [0.5, 0.6) is 0 Å². The van der Waals surface area contributed by atoms with Crippen LogP contribution >= 0.6 is 12.2 Å². The molecule has 1 fully saturated rings. The predicted octanol–water partition coefficient (Wildman–Crippen LogP) is 2.50. The first kappa shape index (κ1) is 19.8. The fraction of sp³-hybridized carbons (Fsp3) is 0.579. The Balaban J connectivity index is 1.76. The van der Waals surface area contributed by atoms with Gasteiger partial charge in [-0.05, 0) is 35.7 Å². The number of rotatable bonds is 5. The standard InChI is InChI=1S/C19H30N4OS/c1-15(16-5-7-17(8-6-16)19(2,3)4)21-22-18(25)20-9-10-23-11-13-24-14-12-23/h5-8H,9-14H2,1-4H3,(H2,20,22,25)/b21-15+. The topological polar surface area (TPSA) is 48.9 Å². The van der Waals surface area contributed by atoms with Gasteiger partial charge in [-0.3, -0.25) is 10.3 Å². The molecule has 1 aromatic rings. The first-order chi connectivity index (χ1) is 11.9. The zero-order chi connectivity index (χ0) is 18.3. The molecule has 1 saturated heterocycles. The first-order valence-corrected chi connectivity index (χ1v) is 9.26. The molecular weight excluding hydrogens is 332 g/mol. The molecule has 0 atom stereocenters. The molecule has 0 unspecified atom stereocenters. The summed E-state index contributed by atoms with van der Waals surface area (Å²) in [6.45, 7) is 14.0. The van der Waals surface area contributed by atoms with Gasteiger partial charge in [0.2, 0.25) is 0 Å². The SMILES string of the molecule is C/C(=N\NC(=S)NCCN1CCOCC1)c1ccc(C(C)(C)C)cc1. The normalized spacial score (nSPS) is 16.6. The van der Waals surface area contributed by atoms with E-state index in [4.69, 9.17) is 17.0 Å². The van der Waals surface area contributed by atoms with E-state index in [1.807, 2.05) is 6.92 Å². The summed E-state index contributed by atoms with van der Waals surface area (Å²) in [7, 11) is 0. The first-order valence-electron chi connectivity index (χ1n) is 8.85.